The third kappa shape index (κ3) is 4.53. The van der Waals surface area contributed by atoms with Crippen molar-refractivity contribution in [2.75, 3.05) is 45.9 Å². The van der Waals surface area contributed by atoms with E-state index < -0.39 is 0 Å². The summed E-state index contributed by atoms with van der Waals surface area (Å²) in [6, 6.07) is 9.94. The summed E-state index contributed by atoms with van der Waals surface area (Å²) in [5.74, 6) is 1.49. The third-order valence-corrected chi connectivity index (χ3v) is 5.21. The Balaban J connectivity index is 1.81. The number of nitrogens with zero attached hydrogens (tertiary/aromatic N) is 3. The van der Waals surface area contributed by atoms with Gasteiger partial charge in [0.05, 0.1) is 30.5 Å². The van der Waals surface area contributed by atoms with E-state index in [1.807, 2.05) is 42.3 Å². The van der Waals surface area contributed by atoms with E-state index in [1.54, 1.807) is 25.6 Å². The van der Waals surface area contributed by atoms with E-state index in [0.717, 1.165) is 32.2 Å². The fourth-order valence-corrected chi connectivity index (χ4v) is 3.81. The first-order chi connectivity index (χ1) is 13.1. The van der Waals surface area contributed by atoms with Crippen LogP contribution in [0, 0.1) is 0 Å². The average molecular weight is 386 g/mol. The number of carbonyl (C=O) groups excluding carboxylic acids is 1. The number of rotatable bonds is 8. The van der Waals surface area contributed by atoms with Crippen LogP contribution in [0.1, 0.15) is 0 Å². The first-order valence-electron chi connectivity index (χ1n) is 8.48. The molecular formula is C19H22N4O3S. The highest BCUT2D eigenvalue weighted by atomic mass is 32.1. The van der Waals surface area contributed by atoms with Crippen molar-refractivity contribution in [1.82, 2.24) is 15.3 Å². The molecule has 1 N–H and O–H groups in total. The van der Waals surface area contributed by atoms with Crippen molar-refractivity contribution in [3.05, 3.63) is 36.7 Å². The van der Waals surface area contributed by atoms with E-state index in [0.29, 0.717) is 13.2 Å². The molecule has 0 atom stereocenters. The number of amides is 1. The van der Waals surface area contributed by atoms with Crippen LogP contribution in [0.25, 0.3) is 20.7 Å². The number of aromatic nitrogens is 2. The number of benzene rings is 1. The lowest BCUT2D eigenvalue weighted by Gasteiger charge is -2.17. The van der Waals surface area contributed by atoms with Gasteiger partial charge in [-0.15, -0.1) is 11.3 Å². The number of nitrogens with one attached hydrogen (secondary N) is 1. The van der Waals surface area contributed by atoms with Gasteiger partial charge in [0, 0.05) is 25.6 Å². The van der Waals surface area contributed by atoms with Gasteiger partial charge in [0.25, 0.3) is 0 Å². The standard InChI is InChI=1S/C19H22N4O3S/c1-23(11-17(24)20-8-9-25-2)19-18-15(21-12-22-19)10-16(27-18)13-4-6-14(26-3)7-5-13/h4-7,10,12H,8-9,11H2,1-3H3,(H,20,24). The lowest BCUT2D eigenvalue weighted by molar-refractivity contribution is -0.119. The summed E-state index contributed by atoms with van der Waals surface area (Å²) in [4.78, 5) is 23.8. The molecule has 142 valence electrons. The molecule has 0 radical (unpaired) electrons. The van der Waals surface area contributed by atoms with Gasteiger partial charge in [0.1, 0.15) is 17.9 Å². The van der Waals surface area contributed by atoms with Crippen LogP contribution in [0.2, 0.25) is 0 Å². The molecule has 0 fully saturated rings. The van der Waals surface area contributed by atoms with Gasteiger partial charge in [-0.3, -0.25) is 4.79 Å². The van der Waals surface area contributed by atoms with Crippen molar-refractivity contribution in [1.29, 1.82) is 0 Å². The molecule has 0 saturated heterocycles. The predicted octanol–water partition coefficient (Wildman–Crippen LogP) is 2.57. The minimum Gasteiger partial charge on any atom is -0.497 e. The molecule has 0 aliphatic rings. The Morgan fingerprint density at radius 3 is 2.70 bits per heavy atom. The van der Waals surface area contributed by atoms with Crippen LogP contribution < -0.4 is 15.0 Å². The fourth-order valence-electron chi connectivity index (χ4n) is 2.65. The molecule has 7 nitrogen and oxygen atoms in total. The number of hydrogen-bond acceptors (Lipinski definition) is 7. The topological polar surface area (TPSA) is 76.6 Å². The van der Waals surface area contributed by atoms with Crippen molar-refractivity contribution in [3.63, 3.8) is 0 Å². The molecule has 3 rings (SSSR count). The van der Waals surface area contributed by atoms with Gasteiger partial charge in [-0.2, -0.15) is 0 Å². The number of carbonyl (C=O) groups is 1. The van der Waals surface area contributed by atoms with Crippen LogP contribution in [0.4, 0.5) is 5.82 Å². The highest BCUT2D eigenvalue weighted by Gasteiger charge is 2.15. The van der Waals surface area contributed by atoms with Crippen molar-refractivity contribution in [2.45, 2.75) is 0 Å². The van der Waals surface area contributed by atoms with Crippen LogP contribution in [0.15, 0.2) is 36.7 Å². The Labute approximate surface area is 162 Å². The lowest BCUT2D eigenvalue weighted by Crippen LogP contribution is -2.37. The summed E-state index contributed by atoms with van der Waals surface area (Å²) >= 11 is 1.61. The predicted molar refractivity (Wildman–Crippen MR) is 108 cm³/mol. The van der Waals surface area contributed by atoms with Crippen LogP contribution >= 0.6 is 11.3 Å². The summed E-state index contributed by atoms with van der Waals surface area (Å²) in [6.07, 6.45) is 1.53. The monoisotopic (exact) mass is 386 g/mol. The number of likely N-dealkylation sites (N-methyl/N-ethyl adjacent to an activating group) is 1. The molecular weight excluding hydrogens is 364 g/mol. The minimum absolute atomic E-state index is 0.0757. The van der Waals surface area contributed by atoms with Gasteiger partial charge in [0.15, 0.2) is 0 Å². The van der Waals surface area contributed by atoms with Gasteiger partial charge in [-0.25, -0.2) is 9.97 Å². The second-order valence-electron chi connectivity index (χ2n) is 5.95. The molecule has 0 bridgehead atoms. The number of ether oxygens (including phenoxy) is 2. The number of methoxy groups -OCH3 is 2. The molecule has 1 aromatic carbocycles. The Morgan fingerprint density at radius 2 is 2.00 bits per heavy atom. The molecule has 0 aliphatic heterocycles. The van der Waals surface area contributed by atoms with Crippen molar-refractivity contribution in [2.24, 2.45) is 0 Å². The number of thiophene rings is 1. The van der Waals surface area contributed by atoms with Crippen LogP contribution in [0.5, 0.6) is 5.75 Å². The molecule has 3 aromatic rings. The molecule has 0 unspecified atom stereocenters. The average Bonchev–Trinajstić information content (AvgIpc) is 3.12. The first kappa shape index (κ1) is 19.1. The second-order valence-corrected chi connectivity index (χ2v) is 7.00. The van der Waals surface area contributed by atoms with E-state index in [9.17, 15) is 4.79 Å². The van der Waals surface area contributed by atoms with Crippen molar-refractivity contribution in [3.8, 4) is 16.2 Å². The van der Waals surface area contributed by atoms with Crippen LogP contribution in [-0.4, -0.2) is 56.8 Å². The smallest absolute Gasteiger partial charge is 0.239 e. The third-order valence-electron chi connectivity index (χ3n) is 4.04. The fraction of sp³-hybridized carbons (Fsp3) is 0.316. The molecule has 0 saturated carbocycles. The van der Waals surface area contributed by atoms with E-state index >= 15 is 0 Å². The second kappa shape index (κ2) is 8.79. The molecule has 1 amide bonds. The normalized spacial score (nSPS) is 10.8. The van der Waals surface area contributed by atoms with Gasteiger partial charge in [0.2, 0.25) is 5.91 Å². The zero-order valence-electron chi connectivity index (χ0n) is 15.6. The van der Waals surface area contributed by atoms with Gasteiger partial charge in [-0.1, -0.05) is 0 Å². The number of hydrogen-bond donors (Lipinski definition) is 1. The maximum Gasteiger partial charge on any atom is 0.239 e. The Kier molecular flexibility index (Phi) is 6.20. The van der Waals surface area contributed by atoms with E-state index in [1.165, 1.54) is 6.33 Å². The van der Waals surface area contributed by atoms with E-state index in [2.05, 4.69) is 15.3 Å². The minimum atomic E-state index is -0.0757. The zero-order valence-corrected chi connectivity index (χ0v) is 16.4. The summed E-state index contributed by atoms with van der Waals surface area (Å²) in [6.45, 7) is 1.19. The summed E-state index contributed by atoms with van der Waals surface area (Å²) in [5, 5.41) is 2.82. The summed E-state index contributed by atoms with van der Waals surface area (Å²) in [5.41, 5.74) is 1.95. The Hall–Kier alpha value is -2.71. The largest absolute Gasteiger partial charge is 0.497 e. The molecule has 2 heterocycles. The zero-order chi connectivity index (χ0) is 19.2. The van der Waals surface area contributed by atoms with Crippen LogP contribution in [0.3, 0.4) is 0 Å². The Bertz CT molecular complexity index is 911. The number of fused-ring (bicyclic) bond motifs is 1. The summed E-state index contributed by atoms with van der Waals surface area (Å²) in [7, 11) is 5.11. The molecule has 27 heavy (non-hydrogen) atoms. The quantitative estimate of drug-likeness (QED) is 0.600. The first-order valence-corrected chi connectivity index (χ1v) is 9.29. The molecule has 0 spiro atoms. The summed E-state index contributed by atoms with van der Waals surface area (Å²) < 4.78 is 11.1. The van der Waals surface area contributed by atoms with Gasteiger partial charge >= 0.3 is 0 Å². The maximum atomic E-state index is 12.1. The van der Waals surface area contributed by atoms with E-state index in [4.69, 9.17) is 9.47 Å². The Morgan fingerprint density at radius 1 is 1.22 bits per heavy atom. The maximum absolute atomic E-state index is 12.1. The molecule has 8 heteroatoms. The van der Waals surface area contributed by atoms with Crippen molar-refractivity contribution >= 4 is 33.3 Å². The highest BCUT2D eigenvalue weighted by Crippen LogP contribution is 2.36. The van der Waals surface area contributed by atoms with Crippen molar-refractivity contribution < 1.29 is 14.3 Å². The van der Waals surface area contributed by atoms with Gasteiger partial charge < -0.3 is 19.7 Å². The lowest BCUT2D eigenvalue weighted by atomic mass is 10.2. The molecule has 0 aliphatic carbocycles. The highest BCUT2D eigenvalue weighted by molar-refractivity contribution is 7.22. The van der Waals surface area contributed by atoms with Gasteiger partial charge in [-0.05, 0) is 35.9 Å². The SMILES string of the molecule is COCCNC(=O)CN(C)c1ncnc2cc(-c3ccc(OC)cc3)sc12. The van der Waals surface area contributed by atoms with Crippen LogP contribution in [-0.2, 0) is 9.53 Å². The molecule has 2 aromatic heterocycles. The number of anilines is 1. The van der Waals surface area contributed by atoms with E-state index in [-0.39, 0.29) is 12.5 Å².